The van der Waals surface area contributed by atoms with Crippen LogP contribution in [-0.4, -0.2) is 23.4 Å². The van der Waals surface area contributed by atoms with Gasteiger partial charge in [0, 0.05) is 0 Å². The van der Waals surface area contributed by atoms with Crippen molar-refractivity contribution in [3.8, 4) is 0 Å². The molecule has 0 spiro atoms. The fourth-order valence-corrected chi connectivity index (χ4v) is 2.68. The number of hydrogen-bond acceptors (Lipinski definition) is 2. The molecule has 0 radical (unpaired) electrons. The van der Waals surface area contributed by atoms with Crippen molar-refractivity contribution in [1.29, 1.82) is 0 Å². The lowest BCUT2D eigenvalue weighted by atomic mass is 9.91. The van der Waals surface area contributed by atoms with Gasteiger partial charge in [0.25, 0.3) is 5.91 Å². The first kappa shape index (κ1) is 14.9. The largest absolute Gasteiger partial charge is 0.340 e. The lowest BCUT2D eigenvalue weighted by molar-refractivity contribution is -0.137. The third-order valence-electron chi connectivity index (χ3n) is 3.93. The number of rotatable bonds is 2. The van der Waals surface area contributed by atoms with Gasteiger partial charge < -0.3 is 5.32 Å². The fourth-order valence-electron chi connectivity index (χ4n) is 2.35. The van der Waals surface area contributed by atoms with Crippen LogP contribution in [0.2, 0.25) is 5.02 Å². The van der Waals surface area contributed by atoms with E-state index in [4.69, 9.17) is 11.6 Å². The highest BCUT2D eigenvalue weighted by molar-refractivity contribution is 6.34. The SMILES string of the molecule is CCC1(C)NC(=O)C(C)N(c2ccc(C)cc2Cl)C1=O. The zero-order valence-corrected chi connectivity index (χ0v) is 12.9. The Hall–Kier alpha value is -1.55. The molecule has 108 valence electrons. The number of piperazine rings is 1. The maximum Gasteiger partial charge on any atom is 0.253 e. The number of anilines is 1. The first-order chi connectivity index (χ1) is 9.30. The molecule has 1 saturated heterocycles. The van der Waals surface area contributed by atoms with Crippen LogP contribution in [0.25, 0.3) is 0 Å². The lowest BCUT2D eigenvalue weighted by Crippen LogP contribution is -2.68. The predicted octanol–water partition coefficient (Wildman–Crippen LogP) is 2.67. The van der Waals surface area contributed by atoms with Gasteiger partial charge in [-0.05, 0) is 44.9 Å². The van der Waals surface area contributed by atoms with E-state index in [9.17, 15) is 9.59 Å². The number of nitrogens with zero attached hydrogens (tertiary/aromatic N) is 1. The van der Waals surface area contributed by atoms with E-state index >= 15 is 0 Å². The van der Waals surface area contributed by atoms with E-state index in [1.165, 1.54) is 4.90 Å². The summed E-state index contributed by atoms with van der Waals surface area (Å²) in [5.41, 5.74) is 0.723. The van der Waals surface area contributed by atoms with Crippen molar-refractivity contribution >= 4 is 29.1 Å². The highest BCUT2D eigenvalue weighted by Gasteiger charge is 2.46. The van der Waals surface area contributed by atoms with Gasteiger partial charge in [0.2, 0.25) is 5.91 Å². The molecule has 1 heterocycles. The highest BCUT2D eigenvalue weighted by Crippen LogP contribution is 2.33. The minimum absolute atomic E-state index is 0.127. The van der Waals surface area contributed by atoms with Gasteiger partial charge in [0.1, 0.15) is 11.6 Å². The Labute approximate surface area is 124 Å². The summed E-state index contributed by atoms with van der Waals surface area (Å²) in [7, 11) is 0. The fraction of sp³-hybridized carbons (Fsp3) is 0.467. The van der Waals surface area contributed by atoms with E-state index in [2.05, 4.69) is 5.32 Å². The summed E-state index contributed by atoms with van der Waals surface area (Å²) in [5, 5.41) is 3.28. The third-order valence-corrected chi connectivity index (χ3v) is 4.23. The number of nitrogens with one attached hydrogen (secondary N) is 1. The minimum atomic E-state index is -0.877. The number of carbonyl (C=O) groups is 2. The van der Waals surface area contributed by atoms with E-state index in [1.807, 2.05) is 19.9 Å². The van der Waals surface area contributed by atoms with Crippen LogP contribution in [0, 0.1) is 6.92 Å². The molecule has 0 aliphatic carbocycles. The molecule has 1 aromatic carbocycles. The minimum Gasteiger partial charge on any atom is -0.340 e. The van der Waals surface area contributed by atoms with Gasteiger partial charge in [-0.3, -0.25) is 14.5 Å². The molecule has 0 saturated carbocycles. The van der Waals surface area contributed by atoms with E-state index in [-0.39, 0.29) is 11.8 Å². The Kier molecular flexibility index (Phi) is 3.78. The zero-order chi connectivity index (χ0) is 15.1. The van der Waals surface area contributed by atoms with Crippen molar-refractivity contribution < 1.29 is 9.59 Å². The van der Waals surface area contributed by atoms with Crippen LogP contribution >= 0.6 is 11.6 Å². The first-order valence-electron chi connectivity index (χ1n) is 6.72. The number of aryl methyl sites for hydroxylation is 1. The molecule has 5 heteroatoms. The van der Waals surface area contributed by atoms with E-state index in [0.717, 1.165) is 5.56 Å². The summed E-state index contributed by atoms with van der Waals surface area (Å²) in [6.45, 7) is 7.26. The average molecular weight is 295 g/mol. The Balaban J connectivity index is 2.51. The molecular weight excluding hydrogens is 276 g/mol. The standard InChI is InChI=1S/C15H19ClN2O2/c1-5-15(4)14(20)18(10(3)13(19)17-15)12-7-6-9(2)8-11(12)16/h6-8,10H,5H2,1-4H3,(H,17,19). The van der Waals surface area contributed by atoms with Gasteiger partial charge in [0.05, 0.1) is 10.7 Å². The number of amides is 2. The summed E-state index contributed by atoms with van der Waals surface area (Å²) >= 11 is 6.25. The summed E-state index contributed by atoms with van der Waals surface area (Å²) < 4.78 is 0. The molecule has 1 aliphatic rings. The van der Waals surface area contributed by atoms with Crippen LogP contribution in [0.4, 0.5) is 5.69 Å². The quantitative estimate of drug-likeness (QED) is 0.911. The van der Waals surface area contributed by atoms with Crippen LogP contribution in [0.3, 0.4) is 0 Å². The molecule has 1 aliphatic heterocycles. The molecule has 0 bridgehead atoms. The maximum absolute atomic E-state index is 12.7. The number of hydrogen-bond donors (Lipinski definition) is 1. The predicted molar refractivity (Wildman–Crippen MR) is 80.0 cm³/mol. The topological polar surface area (TPSA) is 49.4 Å². The van der Waals surface area contributed by atoms with E-state index < -0.39 is 11.6 Å². The smallest absolute Gasteiger partial charge is 0.253 e. The highest BCUT2D eigenvalue weighted by atomic mass is 35.5. The first-order valence-corrected chi connectivity index (χ1v) is 7.10. The second-order valence-corrected chi connectivity index (χ2v) is 5.89. The molecule has 4 nitrogen and oxygen atoms in total. The third kappa shape index (κ3) is 2.29. The van der Waals surface area contributed by atoms with Crippen LogP contribution in [0.15, 0.2) is 18.2 Å². The summed E-state index contributed by atoms with van der Waals surface area (Å²) in [5.74, 6) is -0.288. The molecule has 0 aromatic heterocycles. The molecular formula is C15H19ClN2O2. The van der Waals surface area contributed by atoms with Crippen molar-refractivity contribution in [3.63, 3.8) is 0 Å². The Morgan fingerprint density at radius 2 is 2.05 bits per heavy atom. The van der Waals surface area contributed by atoms with Crippen LogP contribution in [0.5, 0.6) is 0 Å². The van der Waals surface area contributed by atoms with Gasteiger partial charge in [-0.25, -0.2) is 0 Å². The van der Waals surface area contributed by atoms with Crippen molar-refractivity contribution in [3.05, 3.63) is 28.8 Å². The van der Waals surface area contributed by atoms with Gasteiger partial charge >= 0.3 is 0 Å². The van der Waals surface area contributed by atoms with Crippen molar-refractivity contribution in [1.82, 2.24) is 5.32 Å². The average Bonchev–Trinajstić information content (AvgIpc) is 2.39. The summed E-state index contributed by atoms with van der Waals surface area (Å²) in [6, 6.07) is 4.91. The van der Waals surface area contributed by atoms with Crippen LogP contribution < -0.4 is 10.2 Å². The monoisotopic (exact) mass is 294 g/mol. The molecule has 2 atom stereocenters. The van der Waals surface area contributed by atoms with Gasteiger partial charge in [-0.15, -0.1) is 0 Å². The van der Waals surface area contributed by atoms with Gasteiger partial charge in [-0.2, -0.15) is 0 Å². The molecule has 2 rings (SSSR count). The molecule has 1 N–H and O–H groups in total. The van der Waals surface area contributed by atoms with E-state index in [0.29, 0.717) is 17.1 Å². The Bertz CT molecular complexity index is 573. The maximum atomic E-state index is 12.7. The Morgan fingerprint density at radius 1 is 1.40 bits per heavy atom. The van der Waals surface area contributed by atoms with E-state index in [1.54, 1.807) is 26.0 Å². The van der Waals surface area contributed by atoms with Crippen molar-refractivity contribution in [2.75, 3.05) is 4.90 Å². The second-order valence-electron chi connectivity index (χ2n) is 5.48. The molecule has 1 aromatic rings. The zero-order valence-electron chi connectivity index (χ0n) is 12.2. The second kappa shape index (κ2) is 5.09. The number of benzene rings is 1. The molecule has 2 amide bonds. The van der Waals surface area contributed by atoms with Gasteiger partial charge in [0.15, 0.2) is 0 Å². The normalized spacial score (nSPS) is 26.6. The van der Waals surface area contributed by atoms with Crippen LogP contribution in [-0.2, 0) is 9.59 Å². The van der Waals surface area contributed by atoms with Crippen LogP contribution in [0.1, 0.15) is 32.8 Å². The molecule has 1 fully saturated rings. The van der Waals surface area contributed by atoms with Gasteiger partial charge in [-0.1, -0.05) is 24.6 Å². The Morgan fingerprint density at radius 3 is 2.60 bits per heavy atom. The molecule has 20 heavy (non-hydrogen) atoms. The summed E-state index contributed by atoms with van der Waals surface area (Å²) in [4.78, 5) is 26.4. The molecule has 2 unspecified atom stereocenters. The number of halogens is 1. The van der Waals surface area contributed by atoms with Crippen molar-refractivity contribution in [2.24, 2.45) is 0 Å². The number of carbonyl (C=O) groups excluding carboxylic acids is 2. The lowest BCUT2D eigenvalue weighted by Gasteiger charge is -2.43. The summed E-state index contributed by atoms with van der Waals surface area (Å²) in [6.07, 6.45) is 0.532. The van der Waals surface area contributed by atoms with Crippen molar-refractivity contribution in [2.45, 2.75) is 45.7 Å².